The lowest BCUT2D eigenvalue weighted by atomic mass is 9.70. The highest BCUT2D eigenvalue weighted by atomic mass is 16.3. The normalized spacial score (nSPS) is 16.5. The zero-order valence-corrected chi connectivity index (χ0v) is 25.5. The van der Waals surface area contributed by atoms with E-state index in [0.29, 0.717) is 47.9 Å². The van der Waals surface area contributed by atoms with E-state index < -0.39 is 40.5 Å². The Morgan fingerprint density at radius 2 is 0.909 bits per heavy atom. The quantitative estimate of drug-likeness (QED) is 0.200. The molecule has 1 aliphatic carbocycles. The van der Waals surface area contributed by atoms with Gasteiger partial charge in [0, 0.05) is 0 Å². The molecule has 44 heavy (non-hydrogen) atoms. The first kappa shape index (κ1) is 31.2. The molecule has 6 heteroatoms. The van der Waals surface area contributed by atoms with Crippen LogP contribution < -0.4 is 5.73 Å². The average Bonchev–Trinajstić information content (AvgIpc) is 3.09. The minimum Gasteiger partial charge on any atom is -0.378 e. The van der Waals surface area contributed by atoms with E-state index >= 15 is 4.79 Å². The maximum Gasteiger partial charge on any atom is 0.238 e. The Balaban J connectivity index is 1.77. The number of amides is 2. The second-order valence-corrected chi connectivity index (χ2v) is 12.1. The molecule has 0 unspecified atom stereocenters. The van der Waals surface area contributed by atoms with E-state index in [-0.39, 0.29) is 0 Å². The molecular formula is C38H42N2O4. The predicted octanol–water partition coefficient (Wildman–Crippen LogP) is 5.90. The summed E-state index contributed by atoms with van der Waals surface area (Å²) in [6.07, 6.45) is 2.93. The fraction of sp³-hybridized carbons (Fsp3) is 0.316. The topological polar surface area (TPSA) is 104 Å². The van der Waals surface area contributed by atoms with E-state index in [1.165, 1.54) is 0 Å². The zero-order chi connectivity index (χ0) is 31.4. The number of hydrogen-bond acceptors (Lipinski definition) is 4. The number of nitrogens with two attached hydrogens (primary N) is 1. The van der Waals surface area contributed by atoms with Crippen molar-refractivity contribution in [2.24, 2.45) is 11.1 Å². The van der Waals surface area contributed by atoms with Gasteiger partial charge in [0.05, 0.1) is 12.1 Å². The number of aliphatic hydroxyl groups is 2. The molecule has 0 aliphatic heterocycles. The Labute approximate surface area is 260 Å². The minimum absolute atomic E-state index is 0.321. The zero-order valence-electron chi connectivity index (χ0n) is 25.5. The second-order valence-electron chi connectivity index (χ2n) is 12.1. The van der Waals surface area contributed by atoms with Crippen molar-refractivity contribution in [3.05, 3.63) is 144 Å². The predicted molar refractivity (Wildman–Crippen MR) is 172 cm³/mol. The first-order chi connectivity index (χ1) is 21.2. The Bertz CT molecular complexity index is 1360. The maximum absolute atomic E-state index is 15.2. The van der Waals surface area contributed by atoms with Gasteiger partial charge in [-0.2, -0.15) is 0 Å². The summed E-state index contributed by atoms with van der Waals surface area (Å²) in [6.45, 7) is 3.59. The summed E-state index contributed by atoms with van der Waals surface area (Å²) in [7, 11) is 0. The van der Waals surface area contributed by atoms with Crippen molar-refractivity contribution in [3.63, 3.8) is 0 Å². The molecule has 0 spiro atoms. The van der Waals surface area contributed by atoms with Gasteiger partial charge in [-0.3, -0.25) is 9.59 Å². The van der Waals surface area contributed by atoms with Gasteiger partial charge >= 0.3 is 0 Å². The van der Waals surface area contributed by atoms with Crippen LogP contribution in [0.25, 0.3) is 0 Å². The second kappa shape index (κ2) is 12.8. The van der Waals surface area contributed by atoms with Crippen molar-refractivity contribution >= 4 is 11.8 Å². The van der Waals surface area contributed by atoms with Crippen molar-refractivity contribution in [1.82, 2.24) is 4.90 Å². The van der Waals surface area contributed by atoms with Crippen LogP contribution in [-0.2, 0) is 20.8 Å². The van der Waals surface area contributed by atoms with Crippen LogP contribution in [-0.4, -0.2) is 39.0 Å². The summed E-state index contributed by atoms with van der Waals surface area (Å²) in [5.41, 5.74) is 3.58. The van der Waals surface area contributed by atoms with Crippen molar-refractivity contribution < 1.29 is 19.8 Å². The Morgan fingerprint density at radius 1 is 0.614 bits per heavy atom. The van der Waals surface area contributed by atoms with Crippen LogP contribution in [0.1, 0.15) is 68.2 Å². The molecule has 0 aromatic heterocycles. The summed E-state index contributed by atoms with van der Waals surface area (Å²) in [5.74, 6) is -1.14. The molecule has 0 saturated heterocycles. The van der Waals surface area contributed by atoms with Gasteiger partial charge in [-0.1, -0.05) is 141 Å². The molecule has 2 atom stereocenters. The standard InChI is InChI=1S/C38H42N2O4/c1-28(37(43,30-18-8-3-9-19-30)31-20-10-4-11-21-31)40(35(42)36(34(39)41)26-16-7-17-27-36)29(2)38(44,32-22-12-5-13-23-32)33-24-14-6-15-25-33/h3-6,8-15,18-25,28-29,43-44H,7,16-17,26-27H2,1-2H3,(H2,39,41)/t28-,29-/m1/s1. The smallest absolute Gasteiger partial charge is 0.238 e. The first-order valence-electron chi connectivity index (χ1n) is 15.5. The van der Waals surface area contributed by atoms with Crippen molar-refractivity contribution in [3.8, 4) is 0 Å². The molecular weight excluding hydrogens is 548 g/mol. The summed E-state index contributed by atoms with van der Waals surface area (Å²) in [4.78, 5) is 30.0. The third-order valence-electron chi connectivity index (χ3n) is 9.72. The van der Waals surface area contributed by atoms with Crippen molar-refractivity contribution in [1.29, 1.82) is 0 Å². The van der Waals surface area contributed by atoms with Crippen LogP contribution in [0.15, 0.2) is 121 Å². The summed E-state index contributed by atoms with van der Waals surface area (Å²) in [5, 5.41) is 25.9. The molecule has 1 aliphatic rings. The van der Waals surface area contributed by atoms with Crippen molar-refractivity contribution in [2.75, 3.05) is 0 Å². The van der Waals surface area contributed by atoms with Crippen LogP contribution in [0, 0.1) is 5.41 Å². The summed E-state index contributed by atoms with van der Waals surface area (Å²) >= 11 is 0. The van der Waals surface area contributed by atoms with Gasteiger partial charge in [-0.05, 0) is 48.9 Å². The molecule has 1 fully saturated rings. The number of nitrogens with zero attached hydrogens (tertiary/aromatic N) is 1. The monoisotopic (exact) mass is 590 g/mol. The molecule has 4 aromatic carbocycles. The number of carbonyl (C=O) groups is 2. The van der Waals surface area contributed by atoms with E-state index in [1.807, 2.05) is 121 Å². The summed E-state index contributed by atoms with van der Waals surface area (Å²) < 4.78 is 0. The van der Waals surface area contributed by atoms with E-state index in [2.05, 4.69) is 0 Å². The fourth-order valence-electron chi connectivity index (χ4n) is 7.12. The third kappa shape index (κ3) is 5.33. The van der Waals surface area contributed by atoms with Gasteiger partial charge < -0.3 is 20.8 Å². The average molecular weight is 591 g/mol. The minimum atomic E-state index is -1.70. The Kier molecular flexibility index (Phi) is 9.05. The number of benzene rings is 4. The van der Waals surface area contributed by atoms with Gasteiger partial charge in [0.15, 0.2) is 0 Å². The molecule has 4 N–H and O–H groups in total. The van der Waals surface area contributed by atoms with E-state index in [0.717, 1.165) is 6.42 Å². The molecule has 228 valence electrons. The van der Waals surface area contributed by atoms with Gasteiger partial charge in [0.1, 0.15) is 16.6 Å². The van der Waals surface area contributed by atoms with Gasteiger partial charge in [-0.25, -0.2) is 0 Å². The number of primary amides is 1. The number of carbonyl (C=O) groups excluding carboxylic acids is 2. The van der Waals surface area contributed by atoms with E-state index in [9.17, 15) is 15.0 Å². The van der Waals surface area contributed by atoms with Crippen LogP contribution in [0.3, 0.4) is 0 Å². The highest BCUT2D eigenvalue weighted by molar-refractivity contribution is 6.04. The SMILES string of the molecule is C[C@@H](N(C(=O)C1(C(N)=O)CCCCC1)[C@H](C)C(O)(c1ccccc1)c1ccccc1)C(O)(c1ccccc1)c1ccccc1. The maximum atomic E-state index is 15.2. The molecule has 1 saturated carbocycles. The lowest BCUT2D eigenvalue weighted by molar-refractivity contribution is -0.166. The molecule has 2 amide bonds. The number of hydrogen-bond donors (Lipinski definition) is 3. The lowest BCUT2D eigenvalue weighted by Gasteiger charge is -2.51. The first-order valence-corrected chi connectivity index (χ1v) is 15.5. The summed E-state index contributed by atoms with van der Waals surface area (Å²) in [6, 6.07) is 35.1. The highest BCUT2D eigenvalue weighted by Crippen LogP contribution is 2.46. The van der Waals surface area contributed by atoms with Crippen molar-refractivity contribution in [2.45, 2.75) is 69.2 Å². The molecule has 5 rings (SSSR count). The number of rotatable bonds is 10. The van der Waals surface area contributed by atoms with Crippen LogP contribution >= 0.6 is 0 Å². The van der Waals surface area contributed by atoms with E-state index in [4.69, 9.17) is 5.73 Å². The van der Waals surface area contributed by atoms with Gasteiger partial charge in [0.25, 0.3) is 0 Å². The largest absolute Gasteiger partial charge is 0.378 e. The van der Waals surface area contributed by atoms with Crippen LogP contribution in [0.5, 0.6) is 0 Å². The molecule has 4 aromatic rings. The third-order valence-corrected chi connectivity index (χ3v) is 9.72. The Morgan fingerprint density at radius 3 is 1.18 bits per heavy atom. The molecule has 6 nitrogen and oxygen atoms in total. The van der Waals surface area contributed by atoms with Crippen LogP contribution in [0.4, 0.5) is 0 Å². The lowest BCUT2D eigenvalue weighted by Crippen LogP contribution is -2.65. The highest BCUT2D eigenvalue weighted by Gasteiger charge is 2.55. The van der Waals surface area contributed by atoms with Crippen LogP contribution in [0.2, 0.25) is 0 Å². The fourth-order valence-corrected chi connectivity index (χ4v) is 7.12. The molecule has 0 radical (unpaired) electrons. The van der Waals surface area contributed by atoms with Gasteiger partial charge in [-0.15, -0.1) is 0 Å². The molecule has 0 heterocycles. The molecule has 0 bridgehead atoms. The van der Waals surface area contributed by atoms with E-state index in [1.54, 1.807) is 18.7 Å². The Hall–Kier alpha value is -4.26. The van der Waals surface area contributed by atoms with Gasteiger partial charge in [0.2, 0.25) is 11.8 Å².